The van der Waals surface area contributed by atoms with Crippen LogP contribution in [-0.2, 0) is 18.3 Å². The third-order valence-corrected chi connectivity index (χ3v) is 4.98. The molecule has 0 amide bonds. The second-order valence-corrected chi connectivity index (χ2v) is 7.28. The molecule has 3 heterocycles. The molecule has 27 heavy (non-hydrogen) atoms. The number of aryl methyl sites for hydroxylation is 1. The maximum Gasteiger partial charge on any atom is 0.178 e. The zero-order valence-electron chi connectivity index (χ0n) is 16.0. The molecule has 1 aliphatic rings. The fourth-order valence-corrected chi connectivity index (χ4v) is 3.64. The smallest absolute Gasteiger partial charge is 0.178 e. The van der Waals surface area contributed by atoms with Gasteiger partial charge in [0.25, 0.3) is 0 Å². The van der Waals surface area contributed by atoms with Crippen molar-refractivity contribution >= 4 is 16.7 Å². The van der Waals surface area contributed by atoms with Gasteiger partial charge in [0.05, 0.1) is 24.4 Å². The van der Waals surface area contributed by atoms with E-state index in [1.54, 1.807) is 11.6 Å². The summed E-state index contributed by atoms with van der Waals surface area (Å²) >= 11 is 0. The summed E-state index contributed by atoms with van der Waals surface area (Å²) in [4.78, 5) is 19.0. The molecular formula is C21H24N4O2. The summed E-state index contributed by atoms with van der Waals surface area (Å²) in [6.07, 6.45) is 4.04. The van der Waals surface area contributed by atoms with E-state index in [1.807, 2.05) is 25.5 Å². The molecule has 0 spiro atoms. The number of rotatable bonds is 4. The van der Waals surface area contributed by atoms with Gasteiger partial charge in [-0.1, -0.05) is 12.1 Å². The molecule has 0 radical (unpaired) electrons. The number of ether oxygens (including phenoxy) is 1. The van der Waals surface area contributed by atoms with Crippen LogP contribution in [0.25, 0.3) is 22.0 Å². The number of hydrogen-bond donors (Lipinski definition) is 0. The lowest BCUT2D eigenvalue weighted by Gasteiger charge is -2.31. The van der Waals surface area contributed by atoms with Crippen molar-refractivity contribution in [1.82, 2.24) is 19.7 Å². The van der Waals surface area contributed by atoms with Gasteiger partial charge in [0, 0.05) is 50.8 Å². The second kappa shape index (κ2) is 7.21. The number of morpholine rings is 1. The van der Waals surface area contributed by atoms with Crippen molar-refractivity contribution in [1.29, 1.82) is 0 Å². The van der Waals surface area contributed by atoms with Crippen molar-refractivity contribution in [3.05, 3.63) is 47.9 Å². The number of ketones is 1. The van der Waals surface area contributed by atoms with E-state index < -0.39 is 0 Å². The van der Waals surface area contributed by atoms with E-state index in [4.69, 9.17) is 4.74 Å². The van der Waals surface area contributed by atoms with Gasteiger partial charge < -0.3 is 4.74 Å². The van der Waals surface area contributed by atoms with E-state index in [2.05, 4.69) is 40.1 Å². The predicted octanol–water partition coefficient (Wildman–Crippen LogP) is 3.06. The van der Waals surface area contributed by atoms with Crippen molar-refractivity contribution in [2.45, 2.75) is 26.5 Å². The molecule has 140 valence electrons. The van der Waals surface area contributed by atoms with Crippen LogP contribution in [0.5, 0.6) is 0 Å². The van der Waals surface area contributed by atoms with Crippen LogP contribution >= 0.6 is 0 Å². The Bertz CT molecular complexity index is 995. The molecule has 0 N–H and O–H groups in total. The lowest BCUT2D eigenvalue weighted by atomic mass is 10.0. The molecule has 6 heteroatoms. The van der Waals surface area contributed by atoms with E-state index in [1.165, 1.54) is 5.56 Å². The second-order valence-electron chi connectivity index (χ2n) is 7.28. The Kier molecular flexibility index (Phi) is 4.76. The molecule has 0 saturated carbocycles. The zero-order chi connectivity index (χ0) is 19.0. The molecular weight excluding hydrogens is 340 g/mol. The molecule has 0 unspecified atom stereocenters. The lowest BCUT2D eigenvalue weighted by Crippen LogP contribution is -2.40. The number of Topliss-reactive ketones (excluding diaryl/α,β-unsaturated/α-hetero) is 1. The standard InChI is InChI=1S/C21H24N4O2/c1-14-11-25(6-7-27-14)12-16-4-5-18-19(17-10-22-24(3)13-17)9-20(15(2)26)23-21(18)8-16/h4-5,8-10,13-14H,6-7,11-12H2,1-3H3/t14-/m1/s1. The highest BCUT2D eigenvalue weighted by Crippen LogP contribution is 2.29. The minimum Gasteiger partial charge on any atom is -0.376 e. The highest BCUT2D eigenvalue weighted by Gasteiger charge is 2.17. The molecule has 1 saturated heterocycles. The zero-order valence-corrected chi connectivity index (χ0v) is 16.0. The minimum absolute atomic E-state index is 0.0329. The summed E-state index contributed by atoms with van der Waals surface area (Å²) in [6.45, 7) is 7.15. The SMILES string of the molecule is CC(=O)c1cc(-c2cnn(C)c2)c2ccc(CN3CCO[C@H](C)C3)cc2n1. The molecule has 1 fully saturated rings. The number of benzene rings is 1. The van der Waals surface area contributed by atoms with E-state index >= 15 is 0 Å². The summed E-state index contributed by atoms with van der Waals surface area (Å²) in [5, 5.41) is 5.30. The van der Waals surface area contributed by atoms with Gasteiger partial charge in [0.1, 0.15) is 5.69 Å². The Balaban J connectivity index is 1.75. The maximum absolute atomic E-state index is 12.0. The number of pyridine rings is 1. The van der Waals surface area contributed by atoms with E-state index in [0.717, 1.165) is 48.3 Å². The van der Waals surface area contributed by atoms with Crippen LogP contribution in [0.3, 0.4) is 0 Å². The van der Waals surface area contributed by atoms with Gasteiger partial charge in [0.15, 0.2) is 5.78 Å². The molecule has 4 rings (SSSR count). The Morgan fingerprint density at radius 1 is 1.33 bits per heavy atom. The summed E-state index contributed by atoms with van der Waals surface area (Å²) < 4.78 is 7.39. The molecule has 0 bridgehead atoms. The first-order valence-corrected chi connectivity index (χ1v) is 9.27. The average molecular weight is 364 g/mol. The van der Waals surface area contributed by atoms with Gasteiger partial charge in [-0.15, -0.1) is 0 Å². The van der Waals surface area contributed by atoms with Crippen LogP contribution in [0.15, 0.2) is 36.7 Å². The first kappa shape index (κ1) is 17.8. The maximum atomic E-state index is 12.0. The fourth-order valence-electron chi connectivity index (χ4n) is 3.64. The van der Waals surface area contributed by atoms with Crippen LogP contribution in [0, 0.1) is 0 Å². The van der Waals surface area contributed by atoms with Gasteiger partial charge in [-0.3, -0.25) is 14.4 Å². The highest BCUT2D eigenvalue weighted by molar-refractivity contribution is 6.01. The van der Waals surface area contributed by atoms with Crippen LogP contribution in [0.4, 0.5) is 0 Å². The Labute approximate surface area is 158 Å². The Morgan fingerprint density at radius 3 is 2.89 bits per heavy atom. The predicted molar refractivity (Wildman–Crippen MR) is 105 cm³/mol. The number of hydrogen-bond acceptors (Lipinski definition) is 5. The third-order valence-electron chi connectivity index (χ3n) is 4.98. The third kappa shape index (κ3) is 3.77. The molecule has 6 nitrogen and oxygen atoms in total. The first-order valence-electron chi connectivity index (χ1n) is 9.27. The topological polar surface area (TPSA) is 60.2 Å². The van der Waals surface area contributed by atoms with Crippen molar-refractivity contribution in [2.75, 3.05) is 19.7 Å². The van der Waals surface area contributed by atoms with Crippen molar-refractivity contribution in [3.8, 4) is 11.1 Å². The summed E-state index contributed by atoms with van der Waals surface area (Å²) in [7, 11) is 1.89. The number of carbonyl (C=O) groups is 1. The summed E-state index contributed by atoms with van der Waals surface area (Å²) in [6, 6.07) is 8.22. The van der Waals surface area contributed by atoms with Gasteiger partial charge in [-0.2, -0.15) is 5.10 Å². The molecule has 2 aromatic heterocycles. The van der Waals surface area contributed by atoms with Crippen LogP contribution in [-0.4, -0.2) is 51.2 Å². The van der Waals surface area contributed by atoms with Crippen molar-refractivity contribution < 1.29 is 9.53 Å². The minimum atomic E-state index is -0.0329. The van der Waals surface area contributed by atoms with E-state index in [0.29, 0.717) is 5.69 Å². The Hall–Kier alpha value is -2.57. The fraction of sp³-hybridized carbons (Fsp3) is 0.381. The van der Waals surface area contributed by atoms with Gasteiger partial charge in [-0.25, -0.2) is 4.98 Å². The molecule has 0 aliphatic carbocycles. The molecule has 1 atom stereocenters. The first-order chi connectivity index (χ1) is 13.0. The Morgan fingerprint density at radius 2 is 2.19 bits per heavy atom. The number of fused-ring (bicyclic) bond motifs is 1. The lowest BCUT2D eigenvalue weighted by molar-refractivity contribution is -0.0211. The van der Waals surface area contributed by atoms with E-state index in [-0.39, 0.29) is 11.9 Å². The van der Waals surface area contributed by atoms with Crippen molar-refractivity contribution in [3.63, 3.8) is 0 Å². The van der Waals surface area contributed by atoms with Crippen molar-refractivity contribution in [2.24, 2.45) is 7.05 Å². The van der Waals surface area contributed by atoms with Gasteiger partial charge in [0.2, 0.25) is 0 Å². The van der Waals surface area contributed by atoms with Gasteiger partial charge in [-0.05, 0) is 30.2 Å². The van der Waals surface area contributed by atoms with Crippen LogP contribution < -0.4 is 0 Å². The quantitative estimate of drug-likeness (QED) is 0.666. The molecule has 3 aromatic rings. The molecule has 1 aliphatic heterocycles. The van der Waals surface area contributed by atoms with E-state index in [9.17, 15) is 4.79 Å². The average Bonchev–Trinajstić information content (AvgIpc) is 3.06. The highest BCUT2D eigenvalue weighted by atomic mass is 16.5. The number of nitrogens with zero attached hydrogens (tertiary/aromatic N) is 4. The molecule has 1 aromatic carbocycles. The summed E-state index contributed by atoms with van der Waals surface area (Å²) in [5.74, 6) is -0.0329. The van der Waals surface area contributed by atoms with Crippen LogP contribution in [0.2, 0.25) is 0 Å². The largest absolute Gasteiger partial charge is 0.376 e. The van der Waals surface area contributed by atoms with Gasteiger partial charge >= 0.3 is 0 Å². The monoisotopic (exact) mass is 364 g/mol. The normalized spacial score (nSPS) is 18.1. The summed E-state index contributed by atoms with van der Waals surface area (Å²) in [5.41, 5.74) is 4.51. The number of aromatic nitrogens is 3. The number of carbonyl (C=O) groups excluding carboxylic acids is 1. The van der Waals surface area contributed by atoms with Crippen LogP contribution in [0.1, 0.15) is 29.9 Å².